The number of rotatable bonds is 10. The number of hydrogen-bond acceptors (Lipinski definition) is 6. The number of aromatic nitrogens is 1. The van der Waals surface area contributed by atoms with Crippen molar-refractivity contribution in [2.75, 3.05) is 13.2 Å². The van der Waals surface area contributed by atoms with E-state index < -0.39 is 17.5 Å². The molecule has 0 fully saturated rings. The number of hydrogen-bond donors (Lipinski definition) is 1. The molecular formula is C19H28N2O5. The molecule has 7 heteroatoms. The molecule has 0 bridgehead atoms. The average molecular weight is 364 g/mol. The van der Waals surface area contributed by atoms with Crippen LogP contribution in [0.5, 0.6) is 0 Å². The predicted molar refractivity (Wildman–Crippen MR) is 96.4 cm³/mol. The van der Waals surface area contributed by atoms with E-state index in [0.717, 1.165) is 24.8 Å². The molecule has 0 radical (unpaired) electrons. The van der Waals surface area contributed by atoms with E-state index in [1.54, 1.807) is 6.20 Å². The van der Waals surface area contributed by atoms with Gasteiger partial charge in [-0.05, 0) is 24.5 Å². The molecule has 1 heterocycles. The van der Waals surface area contributed by atoms with Crippen molar-refractivity contribution in [1.29, 1.82) is 0 Å². The van der Waals surface area contributed by atoms with Crippen molar-refractivity contribution in [2.24, 2.45) is 0 Å². The Kier molecular flexibility index (Phi) is 8.75. The first-order valence-corrected chi connectivity index (χ1v) is 8.75. The van der Waals surface area contributed by atoms with Crippen molar-refractivity contribution in [3.8, 4) is 0 Å². The third-order valence-electron chi connectivity index (χ3n) is 3.77. The van der Waals surface area contributed by atoms with E-state index in [0.29, 0.717) is 5.69 Å². The predicted octanol–water partition coefficient (Wildman–Crippen LogP) is 1.97. The zero-order valence-corrected chi connectivity index (χ0v) is 16.0. The summed E-state index contributed by atoms with van der Waals surface area (Å²) in [6.07, 6.45) is 5.23. The molecule has 0 atom stereocenters. The van der Waals surface area contributed by atoms with Crippen molar-refractivity contribution in [3.63, 3.8) is 0 Å². The molecule has 1 N–H and O–H groups in total. The summed E-state index contributed by atoms with van der Waals surface area (Å²) >= 11 is 0. The number of ether oxygens (including phenoxy) is 2. The maximum Gasteiger partial charge on any atom is 0.302 e. The molecule has 26 heavy (non-hydrogen) atoms. The maximum absolute atomic E-state index is 11.7. The lowest BCUT2D eigenvalue weighted by Crippen LogP contribution is -2.57. The van der Waals surface area contributed by atoms with Crippen LogP contribution in [-0.2, 0) is 36.7 Å². The van der Waals surface area contributed by atoms with E-state index in [9.17, 15) is 14.4 Å². The van der Waals surface area contributed by atoms with Gasteiger partial charge in [-0.25, -0.2) is 0 Å². The molecule has 0 aliphatic rings. The first-order chi connectivity index (χ1) is 12.3. The number of nitrogens with one attached hydrogen (secondary N) is 1. The van der Waals surface area contributed by atoms with Crippen molar-refractivity contribution < 1.29 is 23.9 Å². The Morgan fingerprint density at radius 1 is 1.08 bits per heavy atom. The van der Waals surface area contributed by atoms with E-state index in [1.165, 1.54) is 20.8 Å². The minimum absolute atomic E-state index is 0.117. The van der Waals surface area contributed by atoms with Gasteiger partial charge in [0, 0.05) is 39.1 Å². The van der Waals surface area contributed by atoms with Crippen molar-refractivity contribution >= 4 is 17.8 Å². The summed E-state index contributed by atoms with van der Waals surface area (Å²) in [6, 6.07) is 3.87. The van der Waals surface area contributed by atoms with Gasteiger partial charge in [-0.2, -0.15) is 0 Å². The maximum atomic E-state index is 11.7. The van der Waals surface area contributed by atoms with Crippen LogP contribution in [0.3, 0.4) is 0 Å². The lowest BCUT2D eigenvalue weighted by molar-refractivity contribution is -0.150. The molecule has 0 saturated carbocycles. The fourth-order valence-corrected chi connectivity index (χ4v) is 2.55. The topological polar surface area (TPSA) is 94.6 Å². The van der Waals surface area contributed by atoms with Crippen LogP contribution in [0.15, 0.2) is 18.3 Å². The second-order valence-corrected chi connectivity index (χ2v) is 6.46. The van der Waals surface area contributed by atoms with Gasteiger partial charge < -0.3 is 14.8 Å². The van der Waals surface area contributed by atoms with Crippen LogP contribution < -0.4 is 5.32 Å². The Labute approximate surface area is 154 Å². The number of aryl methyl sites for hydroxylation is 1. The summed E-state index contributed by atoms with van der Waals surface area (Å²) in [4.78, 5) is 38.7. The summed E-state index contributed by atoms with van der Waals surface area (Å²) in [5.41, 5.74) is 0.778. The van der Waals surface area contributed by atoms with Gasteiger partial charge in [0.25, 0.3) is 0 Å². The van der Waals surface area contributed by atoms with Crippen LogP contribution in [0.4, 0.5) is 0 Å². The number of amides is 1. The van der Waals surface area contributed by atoms with Gasteiger partial charge in [0.1, 0.15) is 18.8 Å². The van der Waals surface area contributed by atoms with Gasteiger partial charge in [0.05, 0.1) is 0 Å². The fraction of sp³-hybridized carbons (Fsp3) is 0.579. The quantitative estimate of drug-likeness (QED) is 0.638. The van der Waals surface area contributed by atoms with Crippen LogP contribution in [-0.4, -0.2) is 41.6 Å². The Hall–Kier alpha value is -2.44. The number of pyridine rings is 1. The number of nitrogens with zero attached hydrogens (tertiary/aromatic N) is 1. The summed E-state index contributed by atoms with van der Waals surface area (Å²) < 4.78 is 10.2. The van der Waals surface area contributed by atoms with Crippen LogP contribution in [0.1, 0.15) is 51.8 Å². The molecule has 1 amide bonds. The van der Waals surface area contributed by atoms with Gasteiger partial charge in [-0.15, -0.1) is 0 Å². The highest BCUT2D eigenvalue weighted by Gasteiger charge is 2.35. The molecule has 0 aliphatic carbocycles. The minimum Gasteiger partial charge on any atom is -0.463 e. The minimum atomic E-state index is -1.07. The third kappa shape index (κ3) is 8.09. The summed E-state index contributed by atoms with van der Waals surface area (Å²) in [7, 11) is 0. The summed E-state index contributed by atoms with van der Waals surface area (Å²) in [5.74, 6) is -1.28. The zero-order chi connectivity index (χ0) is 19.6. The van der Waals surface area contributed by atoms with Crippen molar-refractivity contribution in [3.05, 3.63) is 29.6 Å². The second kappa shape index (κ2) is 10.5. The summed E-state index contributed by atoms with van der Waals surface area (Å²) in [6.45, 7) is 5.82. The Bertz CT molecular complexity index is 595. The van der Waals surface area contributed by atoms with Crippen LogP contribution in [0.2, 0.25) is 0 Å². The number of carbonyl (C=O) groups is 3. The Morgan fingerprint density at radius 2 is 1.69 bits per heavy atom. The lowest BCUT2D eigenvalue weighted by Gasteiger charge is -2.33. The molecule has 0 unspecified atom stereocenters. The van der Waals surface area contributed by atoms with E-state index in [-0.39, 0.29) is 25.5 Å². The van der Waals surface area contributed by atoms with E-state index in [1.807, 2.05) is 12.1 Å². The Balaban J connectivity index is 3.00. The monoisotopic (exact) mass is 364 g/mol. The highest BCUT2D eigenvalue weighted by atomic mass is 16.5. The molecule has 1 aromatic heterocycles. The van der Waals surface area contributed by atoms with Crippen LogP contribution in [0, 0.1) is 0 Å². The number of unbranched alkanes of at least 4 members (excludes halogenated alkanes) is 1. The molecule has 144 valence electrons. The van der Waals surface area contributed by atoms with Gasteiger partial charge in [0.2, 0.25) is 5.91 Å². The lowest BCUT2D eigenvalue weighted by atomic mass is 9.94. The number of carbonyl (C=O) groups excluding carboxylic acids is 3. The highest BCUT2D eigenvalue weighted by Crippen LogP contribution is 2.16. The normalized spacial score (nSPS) is 10.9. The first-order valence-electron chi connectivity index (χ1n) is 8.75. The van der Waals surface area contributed by atoms with E-state index >= 15 is 0 Å². The van der Waals surface area contributed by atoms with Gasteiger partial charge in [0.15, 0.2) is 0 Å². The zero-order valence-electron chi connectivity index (χ0n) is 16.0. The van der Waals surface area contributed by atoms with Gasteiger partial charge in [-0.3, -0.25) is 19.4 Å². The smallest absolute Gasteiger partial charge is 0.302 e. The van der Waals surface area contributed by atoms with Crippen molar-refractivity contribution in [1.82, 2.24) is 10.3 Å². The first kappa shape index (κ1) is 21.6. The van der Waals surface area contributed by atoms with Gasteiger partial charge in [-0.1, -0.05) is 19.4 Å². The van der Waals surface area contributed by atoms with Crippen LogP contribution in [0.25, 0.3) is 0 Å². The highest BCUT2D eigenvalue weighted by molar-refractivity contribution is 5.74. The number of esters is 2. The molecule has 7 nitrogen and oxygen atoms in total. The molecule has 0 aliphatic heterocycles. The summed E-state index contributed by atoms with van der Waals surface area (Å²) in [5, 5.41) is 2.77. The second-order valence-electron chi connectivity index (χ2n) is 6.46. The largest absolute Gasteiger partial charge is 0.463 e. The Morgan fingerprint density at radius 3 is 2.12 bits per heavy atom. The molecule has 1 aromatic rings. The molecular weight excluding hydrogens is 336 g/mol. The average Bonchev–Trinajstić information content (AvgIpc) is 2.57. The van der Waals surface area contributed by atoms with E-state index in [2.05, 4.69) is 17.2 Å². The van der Waals surface area contributed by atoms with Crippen LogP contribution >= 0.6 is 0 Å². The molecule has 0 aromatic carbocycles. The molecule has 0 spiro atoms. The third-order valence-corrected chi connectivity index (χ3v) is 3.77. The fourth-order valence-electron chi connectivity index (χ4n) is 2.55. The van der Waals surface area contributed by atoms with E-state index in [4.69, 9.17) is 9.47 Å². The van der Waals surface area contributed by atoms with Gasteiger partial charge >= 0.3 is 11.9 Å². The molecule has 1 rings (SSSR count). The standard InChI is InChI=1S/C19H28N2O5/c1-5-6-7-17-8-9-18(20-11-17)10-19(21-14(2)22,12-25-15(3)23)13-26-16(4)24/h8-9,11H,5-7,10,12-13H2,1-4H3,(H,21,22). The molecule has 0 saturated heterocycles. The van der Waals surface area contributed by atoms with Crippen molar-refractivity contribution in [2.45, 2.75) is 58.9 Å². The SMILES string of the molecule is CCCCc1ccc(CC(COC(C)=O)(COC(C)=O)NC(C)=O)nc1.